The van der Waals surface area contributed by atoms with Crippen molar-refractivity contribution in [1.29, 1.82) is 0 Å². The SMILES string of the molecule is COC(=O)CC(C)(CO)C1CCCCC1. The molecule has 1 aliphatic rings. The molecular formula is C12H22O3. The molecule has 3 nitrogen and oxygen atoms in total. The number of ether oxygens (including phenoxy) is 1. The molecule has 0 aromatic heterocycles. The molecule has 1 saturated carbocycles. The van der Waals surface area contributed by atoms with Crippen molar-refractivity contribution in [3.05, 3.63) is 0 Å². The molecule has 88 valence electrons. The third-order valence-electron chi connectivity index (χ3n) is 3.73. The molecule has 3 heteroatoms. The number of hydrogen-bond acceptors (Lipinski definition) is 3. The van der Waals surface area contributed by atoms with Crippen LogP contribution in [0.2, 0.25) is 0 Å². The minimum Gasteiger partial charge on any atom is -0.469 e. The van der Waals surface area contributed by atoms with E-state index in [-0.39, 0.29) is 18.0 Å². The molecular weight excluding hydrogens is 192 g/mol. The maximum absolute atomic E-state index is 11.3. The lowest BCUT2D eigenvalue weighted by atomic mass is 9.68. The van der Waals surface area contributed by atoms with Crippen LogP contribution in [0.5, 0.6) is 0 Å². The summed E-state index contributed by atoms with van der Waals surface area (Å²) in [6.45, 7) is 2.08. The van der Waals surface area contributed by atoms with Gasteiger partial charge in [0, 0.05) is 12.0 Å². The van der Waals surface area contributed by atoms with Crippen molar-refractivity contribution in [2.24, 2.45) is 11.3 Å². The number of carbonyl (C=O) groups is 1. The summed E-state index contributed by atoms with van der Waals surface area (Å²) in [5.41, 5.74) is -0.284. The fourth-order valence-corrected chi connectivity index (χ4v) is 2.53. The van der Waals surface area contributed by atoms with Gasteiger partial charge in [-0.25, -0.2) is 0 Å². The number of rotatable bonds is 4. The summed E-state index contributed by atoms with van der Waals surface area (Å²) in [5.74, 6) is 0.257. The fraction of sp³-hybridized carbons (Fsp3) is 0.917. The van der Waals surface area contributed by atoms with E-state index in [1.165, 1.54) is 26.4 Å². The smallest absolute Gasteiger partial charge is 0.306 e. The lowest BCUT2D eigenvalue weighted by Crippen LogP contribution is -2.35. The second kappa shape index (κ2) is 5.50. The number of hydrogen-bond donors (Lipinski definition) is 1. The zero-order valence-corrected chi connectivity index (χ0v) is 9.79. The summed E-state index contributed by atoms with van der Waals surface area (Å²) in [4.78, 5) is 11.3. The summed E-state index contributed by atoms with van der Waals surface area (Å²) in [5, 5.41) is 9.47. The van der Waals surface area contributed by atoms with Gasteiger partial charge in [-0.2, -0.15) is 0 Å². The van der Waals surface area contributed by atoms with Crippen molar-refractivity contribution in [2.45, 2.75) is 45.4 Å². The Morgan fingerprint density at radius 2 is 2.00 bits per heavy atom. The molecule has 1 fully saturated rings. The first-order valence-electron chi connectivity index (χ1n) is 5.80. The molecule has 1 rings (SSSR count). The molecule has 0 aromatic carbocycles. The second-order valence-corrected chi connectivity index (χ2v) is 4.90. The van der Waals surface area contributed by atoms with E-state index in [2.05, 4.69) is 4.74 Å². The molecule has 1 N–H and O–H groups in total. The van der Waals surface area contributed by atoms with E-state index in [1.807, 2.05) is 6.92 Å². The van der Waals surface area contributed by atoms with Crippen LogP contribution in [0.3, 0.4) is 0 Å². The van der Waals surface area contributed by atoms with Gasteiger partial charge in [-0.3, -0.25) is 4.79 Å². The molecule has 0 aromatic rings. The standard InChI is InChI=1S/C12H22O3/c1-12(9-13,8-11(14)15-2)10-6-4-3-5-7-10/h10,13H,3-9H2,1-2H3. The van der Waals surface area contributed by atoms with E-state index in [0.717, 1.165) is 12.8 Å². The minimum absolute atomic E-state index is 0.0762. The van der Waals surface area contributed by atoms with Crippen LogP contribution in [0.4, 0.5) is 0 Å². The van der Waals surface area contributed by atoms with E-state index < -0.39 is 0 Å². The summed E-state index contributed by atoms with van der Waals surface area (Å²) in [7, 11) is 1.40. The summed E-state index contributed by atoms with van der Waals surface area (Å²) >= 11 is 0. The van der Waals surface area contributed by atoms with Crippen molar-refractivity contribution >= 4 is 5.97 Å². The highest BCUT2D eigenvalue weighted by Gasteiger charge is 2.36. The predicted octanol–water partition coefficient (Wildman–Crippen LogP) is 2.13. The Bertz CT molecular complexity index is 209. The Morgan fingerprint density at radius 3 is 2.47 bits per heavy atom. The Morgan fingerprint density at radius 1 is 1.40 bits per heavy atom. The average Bonchev–Trinajstić information content (AvgIpc) is 2.30. The molecule has 0 radical (unpaired) electrons. The Kier molecular flexibility index (Phi) is 4.58. The highest BCUT2D eigenvalue weighted by molar-refractivity contribution is 5.70. The molecule has 0 spiro atoms. The Hall–Kier alpha value is -0.570. The van der Waals surface area contributed by atoms with Crippen LogP contribution < -0.4 is 0 Å². The van der Waals surface area contributed by atoms with Gasteiger partial charge in [0.2, 0.25) is 0 Å². The van der Waals surface area contributed by atoms with Gasteiger partial charge in [-0.1, -0.05) is 26.2 Å². The van der Waals surface area contributed by atoms with Crippen molar-refractivity contribution in [3.8, 4) is 0 Å². The highest BCUT2D eigenvalue weighted by atomic mass is 16.5. The molecule has 0 heterocycles. The molecule has 1 unspecified atom stereocenters. The molecule has 0 aliphatic heterocycles. The van der Waals surface area contributed by atoms with Gasteiger partial charge >= 0.3 is 5.97 Å². The molecule has 1 aliphatic carbocycles. The molecule has 1 atom stereocenters. The van der Waals surface area contributed by atoms with Crippen LogP contribution in [-0.4, -0.2) is 24.8 Å². The number of esters is 1. The first kappa shape index (κ1) is 12.5. The zero-order valence-electron chi connectivity index (χ0n) is 9.79. The van der Waals surface area contributed by atoms with Gasteiger partial charge < -0.3 is 9.84 Å². The van der Waals surface area contributed by atoms with Crippen LogP contribution in [0.15, 0.2) is 0 Å². The third kappa shape index (κ3) is 3.20. The van der Waals surface area contributed by atoms with Crippen LogP contribution in [-0.2, 0) is 9.53 Å². The van der Waals surface area contributed by atoms with E-state index >= 15 is 0 Å². The van der Waals surface area contributed by atoms with E-state index in [0.29, 0.717) is 12.3 Å². The minimum atomic E-state index is -0.284. The third-order valence-corrected chi connectivity index (χ3v) is 3.73. The van der Waals surface area contributed by atoms with E-state index in [1.54, 1.807) is 0 Å². The maximum Gasteiger partial charge on any atom is 0.306 e. The van der Waals surface area contributed by atoms with Crippen LogP contribution in [0, 0.1) is 11.3 Å². The van der Waals surface area contributed by atoms with Gasteiger partial charge in [0.15, 0.2) is 0 Å². The monoisotopic (exact) mass is 214 g/mol. The number of methoxy groups -OCH3 is 1. The quantitative estimate of drug-likeness (QED) is 0.729. The lowest BCUT2D eigenvalue weighted by Gasteiger charge is -2.37. The topological polar surface area (TPSA) is 46.5 Å². The molecule has 15 heavy (non-hydrogen) atoms. The fourth-order valence-electron chi connectivity index (χ4n) is 2.53. The van der Waals surface area contributed by atoms with Crippen LogP contribution >= 0.6 is 0 Å². The largest absolute Gasteiger partial charge is 0.469 e. The summed E-state index contributed by atoms with van der Waals surface area (Å²) in [6.07, 6.45) is 6.34. The van der Waals surface area contributed by atoms with E-state index in [4.69, 9.17) is 0 Å². The van der Waals surface area contributed by atoms with Crippen LogP contribution in [0.25, 0.3) is 0 Å². The van der Waals surface area contributed by atoms with Gasteiger partial charge in [-0.05, 0) is 18.8 Å². The van der Waals surface area contributed by atoms with Gasteiger partial charge in [0.05, 0.1) is 13.5 Å². The highest BCUT2D eigenvalue weighted by Crippen LogP contribution is 2.40. The van der Waals surface area contributed by atoms with Gasteiger partial charge in [-0.15, -0.1) is 0 Å². The normalized spacial score (nSPS) is 22.1. The van der Waals surface area contributed by atoms with E-state index in [9.17, 15) is 9.90 Å². The van der Waals surface area contributed by atoms with Gasteiger partial charge in [0.25, 0.3) is 0 Å². The van der Waals surface area contributed by atoms with Crippen molar-refractivity contribution in [3.63, 3.8) is 0 Å². The maximum atomic E-state index is 11.3. The Balaban J connectivity index is 2.60. The first-order chi connectivity index (χ1) is 7.12. The molecule has 0 bridgehead atoms. The lowest BCUT2D eigenvalue weighted by molar-refractivity contribution is -0.145. The van der Waals surface area contributed by atoms with Crippen molar-refractivity contribution < 1.29 is 14.6 Å². The summed E-state index contributed by atoms with van der Waals surface area (Å²) < 4.78 is 4.69. The van der Waals surface area contributed by atoms with Gasteiger partial charge in [0.1, 0.15) is 0 Å². The first-order valence-corrected chi connectivity index (χ1v) is 5.80. The zero-order chi connectivity index (χ0) is 11.3. The number of carbonyl (C=O) groups excluding carboxylic acids is 1. The van der Waals surface area contributed by atoms with Crippen molar-refractivity contribution in [2.75, 3.05) is 13.7 Å². The number of aliphatic hydroxyl groups is 1. The van der Waals surface area contributed by atoms with Crippen LogP contribution in [0.1, 0.15) is 45.4 Å². The molecule has 0 saturated heterocycles. The molecule has 0 amide bonds. The second-order valence-electron chi connectivity index (χ2n) is 4.90. The number of aliphatic hydroxyl groups excluding tert-OH is 1. The predicted molar refractivity (Wildman–Crippen MR) is 58.4 cm³/mol. The Labute approximate surface area is 91.8 Å². The summed E-state index contributed by atoms with van der Waals surface area (Å²) in [6, 6.07) is 0. The van der Waals surface area contributed by atoms with Crippen molar-refractivity contribution in [1.82, 2.24) is 0 Å². The average molecular weight is 214 g/mol.